The van der Waals surface area contributed by atoms with Crippen LogP contribution in [0.15, 0.2) is 18.2 Å². The number of hydrogen-bond acceptors (Lipinski definition) is 3. The Morgan fingerprint density at radius 1 is 1.10 bits per heavy atom. The summed E-state index contributed by atoms with van der Waals surface area (Å²) < 4.78 is 16.9. The normalized spacial score (nSPS) is 16.1. The van der Waals surface area contributed by atoms with Gasteiger partial charge in [-0.05, 0) is 43.9 Å². The van der Waals surface area contributed by atoms with Crippen LogP contribution >= 0.6 is 0 Å². The predicted molar refractivity (Wildman–Crippen MR) is 80.7 cm³/mol. The van der Waals surface area contributed by atoms with E-state index in [0.717, 1.165) is 24.5 Å². The van der Waals surface area contributed by atoms with Crippen molar-refractivity contribution >= 4 is 0 Å². The molecule has 0 amide bonds. The summed E-state index contributed by atoms with van der Waals surface area (Å²) in [6, 6.07) is 6.13. The van der Waals surface area contributed by atoms with Crippen molar-refractivity contribution in [1.82, 2.24) is 0 Å². The number of methoxy groups -OCH3 is 1. The zero-order valence-corrected chi connectivity index (χ0v) is 12.7. The van der Waals surface area contributed by atoms with Gasteiger partial charge in [-0.3, -0.25) is 0 Å². The average Bonchev–Trinajstić information content (AvgIpc) is 2.50. The van der Waals surface area contributed by atoms with Crippen LogP contribution in [0, 0.1) is 0 Å². The van der Waals surface area contributed by atoms with Crippen LogP contribution in [0.5, 0.6) is 11.5 Å². The fraction of sp³-hybridized carbons (Fsp3) is 0.647. The zero-order valence-electron chi connectivity index (χ0n) is 12.7. The van der Waals surface area contributed by atoms with Crippen LogP contribution in [-0.2, 0) is 11.2 Å². The van der Waals surface area contributed by atoms with Crippen molar-refractivity contribution in [2.45, 2.75) is 51.6 Å². The van der Waals surface area contributed by atoms with Crippen molar-refractivity contribution in [1.29, 1.82) is 0 Å². The lowest BCUT2D eigenvalue weighted by Gasteiger charge is -2.22. The van der Waals surface area contributed by atoms with Gasteiger partial charge in [0, 0.05) is 0 Å². The Morgan fingerprint density at radius 3 is 2.60 bits per heavy atom. The lowest BCUT2D eigenvalue weighted by atomic mass is 9.98. The van der Waals surface area contributed by atoms with E-state index in [0.29, 0.717) is 12.7 Å². The fourth-order valence-electron chi connectivity index (χ4n) is 2.72. The summed E-state index contributed by atoms with van der Waals surface area (Å²) in [6.45, 7) is 3.42. The van der Waals surface area contributed by atoms with Crippen LogP contribution in [0.2, 0.25) is 0 Å². The molecule has 0 heterocycles. The van der Waals surface area contributed by atoms with Gasteiger partial charge in [0.2, 0.25) is 0 Å². The number of benzene rings is 1. The summed E-state index contributed by atoms with van der Waals surface area (Å²) in [5.41, 5.74) is 1.24. The van der Waals surface area contributed by atoms with Crippen LogP contribution in [0.1, 0.15) is 44.6 Å². The number of ether oxygens (including phenoxy) is 3. The molecule has 0 N–H and O–H groups in total. The largest absolute Gasteiger partial charge is 0.493 e. The summed E-state index contributed by atoms with van der Waals surface area (Å²) in [6.07, 6.45) is 7.88. The van der Waals surface area contributed by atoms with E-state index in [1.54, 1.807) is 7.11 Å². The van der Waals surface area contributed by atoms with Gasteiger partial charge in [-0.2, -0.15) is 0 Å². The molecule has 0 aromatic heterocycles. The molecule has 3 nitrogen and oxygen atoms in total. The maximum atomic E-state index is 5.97. The molecule has 1 aromatic carbocycles. The van der Waals surface area contributed by atoms with Crippen LogP contribution in [0.3, 0.4) is 0 Å². The van der Waals surface area contributed by atoms with E-state index in [1.165, 1.54) is 37.7 Å². The minimum Gasteiger partial charge on any atom is -0.493 e. The summed E-state index contributed by atoms with van der Waals surface area (Å²) in [7, 11) is 1.68. The third-order valence-electron chi connectivity index (χ3n) is 3.82. The van der Waals surface area contributed by atoms with E-state index in [4.69, 9.17) is 14.2 Å². The SMILES string of the molecule is CCOc1ccc(CCOC2CCCCC2)cc1OC. The number of hydrogen-bond donors (Lipinski definition) is 0. The second-order valence-corrected chi connectivity index (χ2v) is 5.30. The fourth-order valence-corrected chi connectivity index (χ4v) is 2.72. The van der Waals surface area contributed by atoms with E-state index >= 15 is 0 Å². The zero-order chi connectivity index (χ0) is 14.2. The number of rotatable bonds is 7. The van der Waals surface area contributed by atoms with Gasteiger partial charge in [0.25, 0.3) is 0 Å². The molecule has 1 aliphatic rings. The third kappa shape index (κ3) is 4.41. The molecule has 1 fully saturated rings. The molecular formula is C17H26O3. The van der Waals surface area contributed by atoms with E-state index in [2.05, 4.69) is 12.1 Å². The van der Waals surface area contributed by atoms with Gasteiger partial charge in [-0.1, -0.05) is 25.3 Å². The second-order valence-electron chi connectivity index (χ2n) is 5.30. The van der Waals surface area contributed by atoms with Gasteiger partial charge in [0.15, 0.2) is 11.5 Å². The smallest absolute Gasteiger partial charge is 0.161 e. The monoisotopic (exact) mass is 278 g/mol. The minimum absolute atomic E-state index is 0.480. The lowest BCUT2D eigenvalue weighted by molar-refractivity contribution is 0.0303. The first-order valence-corrected chi connectivity index (χ1v) is 7.74. The standard InChI is InChI=1S/C17H26O3/c1-3-19-16-10-9-14(13-17(16)18-2)11-12-20-15-7-5-4-6-8-15/h9-10,13,15H,3-8,11-12H2,1-2H3. The highest BCUT2D eigenvalue weighted by atomic mass is 16.5. The Balaban J connectivity index is 1.82. The average molecular weight is 278 g/mol. The molecule has 112 valence electrons. The molecule has 0 atom stereocenters. The van der Waals surface area contributed by atoms with Crippen molar-refractivity contribution in [3.8, 4) is 11.5 Å². The van der Waals surface area contributed by atoms with Gasteiger partial charge in [-0.15, -0.1) is 0 Å². The van der Waals surface area contributed by atoms with E-state index in [1.807, 2.05) is 13.0 Å². The molecule has 20 heavy (non-hydrogen) atoms. The quantitative estimate of drug-likeness (QED) is 0.755. The molecule has 1 aliphatic carbocycles. The minimum atomic E-state index is 0.480. The highest BCUT2D eigenvalue weighted by Gasteiger charge is 2.13. The summed E-state index contributed by atoms with van der Waals surface area (Å²) in [5, 5.41) is 0. The molecule has 0 aliphatic heterocycles. The Bertz CT molecular complexity index is 397. The van der Waals surface area contributed by atoms with Crippen LogP contribution in [0.4, 0.5) is 0 Å². The summed E-state index contributed by atoms with van der Waals surface area (Å²) >= 11 is 0. The Kier molecular flexibility index (Phi) is 6.19. The maximum Gasteiger partial charge on any atom is 0.161 e. The first-order chi connectivity index (χ1) is 9.83. The van der Waals surface area contributed by atoms with E-state index < -0.39 is 0 Å². The van der Waals surface area contributed by atoms with E-state index in [9.17, 15) is 0 Å². The van der Waals surface area contributed by atoms with Crippen LogP contribution in [-0.4, -0.2) is 26.4 Å². The molecule has 0 radical (unpaired) electrons. The second kappa shape index (κ2) is 8.15. The van der Waals surface area contributed by atoms with Crippen LogP contribution < -0.4 is 9.47 Å². The van der Waals surface area contributed by atoms with Gasteiger partial charge < -0.3 is 14.2 Å². The van der Waals surface area contributed by atoms with Gasteiger partial charge >= 0.3 is 0 Å². The first kappa shape index (κ1) is 15.2. The van der Waals surface area contributed by atoms with Gasteiger partial charge in [0.05, 0.1) is 26.4 Å². The molecule has 1 aromatic rings. The van der Waals surface area contributed by atoms with Crippen molar-refractivity contribution in [3.63, 3.8) is 0 Å². The summed E-state index contributed by atoms with van der Waals surface area (Å²) in [5.74, 6) is 1.62. The lowest BCUT2D eigenvalue weighted by Crippen LogP contribution is -2.17. The Morgan fingerprint density at radius 2 is 1.90 bits per heavy atom. The van der Waals surface area contributed by atoms with Crippen molar-refractivity contribution in [3.05, 3.63) is 23.8 Å². The molecule has 0 saturated heterocycles. The highest BCUT2D eigenvalue weighted by molar-refractivity contribution is 5.43. The molecular weight excluding hydrogens is 252 g/mol. The molecule has 2 rings (SSSR count). The third-order valence-corrected chi connectivity index (χ3v) is 3.82. The summed E-state index contributed by atoms with van der Waals surface area (Å²) in [4.78, 5) is 0. The molecule has 0 spiro atoms. The molecule has 1 saturated carbocycles. The predicted octanol–water partition coefficient (Wildman–Crippen LogP) is 3.99. The van der Waals surface area contributed by atoms with Gasteiger partial charge in [0.1, 0.15) is 0 Å². The molecule has 0 bridgehead atoms. The van der Waals surface area contributed by atoms with Crippen LogP contribution in [0.25, 0.3) is 0 Å². The van der Waals surface area contributed by atoms with Gasteiger partial charge in [-0.25, -0.2) is 0 Å². The molecule has 3 heteroatoms. The highest BCUT2D eigenvalue weighted by Crippen LogP contribution is 2.28. The Labute approximate surface area is 122 Å². The topological polar surface area (TPSA) is 27.7 Å². The Hall–Kier alpha value is -1.22. The van der Waals surface area contributed by atoms with Crippen molar-refractivity contribution < 1.29 is 14.2 Å². The van der Waals surface area contributed by atoms with E-state index in [-0.39, 0.29) is 0 Å². The maximum absolute atomic E-state index is 5.97. The first-order valence-electron chi connectivity index (χ1n) is 7.74. The van der Waals surface area contributed by atoms with Crippen molar-refractivity contribution in [2.24, 2.45) is 0 Å². The molecule has 0 unspecified atom stereocenters. The van der Waals surface area contributed by atoms with Crippen molar-refractivity contribution in [2.75, 3.05) is 20.3 Å².